The fourth-order valence-corrected chi connectivity index (χ4v) is 1.66. The second-order valence-electron chi connectivity index (χ2n) is 4.28. The molecule has 0 heterocycles. The van der Waals surface area contributed by atoms with Crippen molar-refractivity contribution in [3.8, 4) is 5.75 Å². The van der Waals surface area contributed by atoms with Crippen LogP contribution in [0.15, 0.2) is 18.2 Å². The second kappa shape index (κ2) is 7.34. The number of nitrogens with one attached hydrogen (secondary N) is 1. The Morgan fingerprint density at radius 1 is 1.33 bits per heavy atom. The zero-order chi connectivity index (χ0) is 13.5. The molecule has 0 aliphatic carbocycles. The van der Waals surface area contributed by atoms with Crippen molar-refractivity contribution in [3.63, 3.8) is 0 Å². The molecule has 0 aliphatic rings. The predicted octanol–water partition coefficient (Wildman–Crippen LogP) is 2.91. The smallest absolute Gasteiger partial charge is 0.124 e. The van der Waals surface area contributed by atoms with Crippen molar-refractivity contribution < 1.29 is 13.9 Å². The molecule has 0 saturated heterocycles. The van der Waals surface area contributed by atoms with Gasteiger partial charge in [-0.25, -0.2) is 4.39 Å². The van der Waals surface area contributed by atoms with Crippen molar-refractivity contribution in [2.75, 3.05) is 20.3 Å². The molecule has 4 heteroatoms. The minimum absolute atomic E-state index is 0.0370. The molecule has 2 atom stereocenters. The quantitative estimate of drug-likeness (QED) is 0.812. The van der Waals surface area contributed by atoms with Gasteiger partial charge in [0.2, 0.25) is 0 Å². The molecule has 0 aliphatic heterocycles. The number of hydrogen-bond acceptors (Lipinski definition) is 3. The zero-order valence-electron chi connectivity index (χ0n) is 11.5. The van der Waals surface area contributed by atoms with Crippen LogP contribution in [0.5, 0.6) is 5.75 Å². The van der Waals surface area contributed by atoms with Crippen LogP contribution >= 0.6 is 0 Å². The minimum atomic E-state index is -0.253. The fraction of sp³-hybridized carbons (Fsp3) is 0.571. The number of hydrogen-bond donors (Lipinski definition) is 1. The molecular formula is C14H22FNO2. The average Bonchev–Trinajstić information content (AvgIpc) is 2.37. The summed E-state index contributed by atoms with van der Waals surface area (Å²) in [6.45, 7) is 7.04. The van der Waals surface area contributed by atoms with E-state index in [0.717, 1.165) is 5.56 Å². The summed E-state index contributed by atoms with van der Waals surface area (Å²) in [5, 5.41) is 3.09. The molecule has 1 aromatic rings. The average molecular weight is 255 g/mol. The first-order valence-electron chi connectivity index (χ1n) is 6.29. The fourth-order valence-electron chi connectivity index (χ4n) is 1.66. The van der Waals surface area contributed by atoms with Crippen LogP contribution in [-0.4, -0.2) is 26.4 Å². The van der Waals surface area contributed by atoms with E-state index in [-0.39, 0.29) is 18.0 Å². The third-order valence-corrected chi connectivity index (χ3v) is 2.76. The van der Waals surface area contributed by atoms with Crippen molar-refractivity contribution >= 4 is 0 Å². The van der Waals surface area contributed by atoms with Gasteiger partial charge in [0.25, 0.3) is 0 Å². The molecule has 1 N–H and O–H groups in total. The SMILES string of the molecule is CCOCC(C)Oc1ccc(F)cc1C(C)NC. The normalized spacial score (nSPS) is 14.3. The maximum absolute atomic E-state index is 13.3. The molecule has 0 fully saturated rings. The van der Waals surface area contributed by atoms with Gasteiger partial charge in [-0.2, -0.15) is 0 Å². The number of benzene rings is 1. The molecular weight excluding hydrogens is 233 g/mol. The van der Waals surface area contributed by atoms with Crippen LogP contribution in [0.4, 0.5) is 4.39 Å². The van der Waals surface area contributed by atoms with Crippen LogP contribution in [0.1, 0.15) is 32.4 Å². The highest BCUT2D eigenvalue weighted by atomic mass is 19.1. The second-order valence-corrected chi connectivity index (χ2v) is 4.28. The molecule has 18 heavy (non-hydrogen) atoms. The lowest BCUT2D eigenvalue weighted by Gasteiger charge is -2.20. The van der Waals surface area contributed by atoms with E-state index in [4.69, 9.17) is 9.47 Å². The maximum atomic E-state index is 13.3. The summed E-state index contributed by atoms with van der Waals surface area (Å²) >= 11 is 0. The van der Waals surface area contributed by atoms with Gasteiger partial charge in [-0.05, 0) is 46.0 Å². The molecule has 2 unspecified atom stereocenters. The van der Waals surface area contributed by atoms with Gasteiger partial charge < -0.3 is 14.8 Å². The summed E-state index contributed by atoms with van der Waals surface area (Å²) in [6.07, 6.45) is -0.0572. The Kier molecular flexibility index (Phi) is 6.09. The molecule has 102 valence electrons. The summed E-state index contributed by atoms with van der Waals surface area (Å²) < 4.78 is 24.4. The molecule has 0 saturated carbocycles. The van der Waals surface area contributed by atoms with Crippen LogP contribution in [0.3, 0.4) is 0 Å². The lowest BCUT2D eigenvalue weighted by Crippen LogP contribution is -2.21. The number of rotatable bonds is 7. The number of halogens is 1. The van der Waals surface area contributed by atoms with Gasteiger partial charge in [0.15, 0.2) is 0 Å². The Balaban J connectivity index is 2.80. The summed E-state index contributed by atoms with van der Waals surface area (Å²) in [5.41, 5.74) is 0.820. The minimum Gasteiger partial charge on any atom is -0.488 e. The molecule has 0 radical (unpaired) electrons. The van der Waals surface area contributed by atoms with E-state index in [2.05, 4.69) is 5.32 Å². The molecule has 0 aromatic heterocycles. The first kappa shape index (κ1) is 14.9. The van der Waals surface area contributed by atoms with Gasteiger partial charge >= 0.3 is 0 Å². The van der Waals surface area contributed by atoms with Crippen molar-refractivity contribution in [1.82, 2.24) is 5.32 Å². The zero-order valence-corrected chi connectivity index (χ0v) is 11.5. The van der Waals surface area contributed by atoms with Gasteiger partial charge in [-0.15, -0.1) is 0 Å². The lowest BCUT2D eigenvalue weighted by molar-refractivity contribution is 0.0649. The van der Waals surface area contributed by atoms with E-state index >= 15 is 0 Å². The van der Waals surface area contributed by atoms with E-state index in [1.54, 1.807) is 6.07 Å². The first-order valence-corrected chi connectivity index (χ1v) is 6.29. The van der Waals surface area contributed by atoms with Gasteiger partial charge in [0.1, 0.15) is 17.7 Å². The highest BCUT2D eigenvalue weighted by molar-refractivity contribution is 5.36. The Morgan fingerprint density at radius 2 is 2.06 bits per heavy atom. The van der Waals surface area contributed by atoms with Crippen molar-refractivity contribution in [2.24, 2.45) is 0 Å². The van der Waals surface area contributed by atoms with Gasteiger partial charge in [0.05, 0.1) is 6.61 Å². The highest BCUT2D eigenvalue weighted by Crippen LogP contribution is 2.26. The lowest BCUT2D eigenvalue weighted by atomic mass is 10.1. The van der Waals surface area contributed by atoms with E-state index < -0.39 is 0 Å². The largest absolute Gasteiger partial charge is 0.488 e. The Labute approximate surface area is 108 Å². The summed E-state index contributed by atoms with van der Waals surface area (Å²) in [7, 11) is 1.84. The van der Waals surface area contributed by atoms with Crippen LogP contribution in [0.2, 0.25) is 0 Å². The van der Waals surface area contributed by atoms with E-state index in [0.29, 0.717) is 19.0 Å². The van der Waals surface area contributed by atoms with Crippen LogP contribution in [-0.2, 0) is 4.74 Å². The van der Waals surface area contributed by atoms with E-state index in [9.17, 15) is 4.39 Å². The van der Waals surface area contributed by atoms with Crippen molar-refractivity contribution in [2.45, 2.75) is 32.9 Å². The van der Waals surface area contributed by atoms with E-state index in [1.165, 1.54) is 12.1 Å². The molecule has 0 spiro atoms. The Bertz CT molecular complexity index is 371. The maximum Gasteiger partial charge on any atom is 0.124 e. The van der Waals surface area contributed by atoms with Crippen molar-refractivity contribution in [3.05, 3.63) is 29.6 Å². The van der Waals surface area contributed by atoms with Crippen LogP contribution in [0.25, 0.3) is 0 Å². The van der Waals surface area contributed by atoms with Crippen molar-refractivity contribution in [1.29, 1.82) is 0 Å². The molecule has 1 aromatic carbocycles. The Hall–Kier alpha value is -1.13. The van der Waals surface area contributed by atoms with Gasteiger partial charge in [-0.1, -0.05) is 0 Å². The van der Waals surface area contributed by atoms with Gasteiger partial charge in [0, 0.05) is 18.2 Å². The Morgan fingerprint density at radius 3 is 2.67 bits per heavy atom. The first-order chi connectivity index (χ1) is 8.58. The third kappa shape index (κ3) is 4.27. The standard InChI is InChI=1S/C14H22FNO2/c1-5-17-9-10(2)18-14-7-6-12(15)8-13(14)11(3)16-4/h6-8,10-11,16H,5,9H2,1-4H3. The van der Waals surface area contributed by atoms with Crippen LogP contribution in [0, 0.1) is 5.82 Å². The number of ether oxygens (including phenoxy) is 2. The molecule has 0 amide bonds. The summed E-state index contributed by atoms with van der Waals surface area (Å²) in [6, 6.07) is 4.62. The summed E-state index contributed by atoms with van der Waals surface area (Å²) in [5.74, 6) is 0.447. The molecule has 1 rings (SSSR count). The summed E-state index contributed by atoms with van der Waals surface area (Å²) in [4.78, 5) is 0. The van der Waals surface area contributed by atoms with E-state index in [1.807, 2.05) is 27.8 Å². The molecule has 3 nitrogen and oxygen atoms in total. The van der Waals surface area contributed by atoms with Crippen LogP contribution < -0.4 is 10.1 Å². The monoisotopic (exact) mass is 255 g/mol. The third-order valence-electron chi connectivity index (χ3n) is 2.76. The molecule has 0 bridgehead atoms. The van der Waals surface area contributed by atoms with Gasteiger partial charge in [-0.3, -0.25) is 0 Å². The predicted molar refractivity (Wildman–Crippen MR) is 70.5 cm³/mol. The topological polar surface area (TPSA) is 30.5 Å². The highest BCUT2D eigenvalue weighted by Gasteiger charge is 2.13.